The van der Waals surface area contributed by atoms with Crippen LogP contribution in [0, 0.1) is 0 Å². The maximum Gasteiger partial charge on any atom is 0.273 e. The molecule has 5 nitrogen and oxygen atoms in total. The van der Waals surface area contributed by atoms with Crippen LogP contribution in [0.4, 0.5) is 0 Å². The molecular weight excluding hydrogens is 320 g/mol. The van der Waals surface area contributed by atoms with Crippen LogP contribution >= 0.6 is 15.9 Å². The second-order valence-corrected chi connectivity index (χ2v) is 5.69. The minimum atomic E-state index is -0.116. The van der Waals surface area contributed by atoms with Gasteiger partial charge in [0.25, 0.3) is 5.91 Å². The van der Waals surface area contributed by atoms with Gasteiger partial charge in [-0.25, -0.2) is 4.68 Å². The Bertz CT molecular complexity index is 634. The summed E-state index contributed by atoms with van der Waals surface area (Å²) in [5.41, 5.74) is 8.20. The molecule has 2 N–H and O–H groups in total. The maximum atomic E-state index is 11.8. The number of amides is 1. The van der Waals surface area contributed by atoms with E-state index < -0.39 is 0 Å². The zero-order valence-corrected chi connectivity index (χ0v) is 13.3. The third-order valence-corrected chi connectivity index (χ3v) is 3.64. The van der Waals surface area contributed by atoms with E-state index in [1.807, 2.05) is 25.1 Å². The number of nitrogens with zero attached hydrogens (tertiary/aromatic N) is 3. The zero-order valence-electron chi connectivity index (χ0n) is 11.7. The highest BCUT2D eigenvalue weighted by Crippen LogP contribution is 2.24. The third kappa shape index (κ3) is 2.91. The number of rotatable bonds is 3. The predicted octanol–water partition coefficient (Wildman–Crippen LogP) is 2.36. The molecule has 1 atom stereocenters. The molecule has 1 aromatic carbocycles. The average molecular weight is 337 g/mol. The van der Waals surface area contributed by atoms with Gasteiger partial charge in [0, 0.05) is 30.8 Å². The van der Waals surface area contributed by atoms with Crippen LogP contribution in [0.15, 0.2) is 34.9 Å². The fourth-order valence-electron chi connectivity index (χ4n) is 1.84. The van der Waals surface area contributed by atoms with Crippen molar-refractivity contribution in [1.82, 2.24) is 14.7 Å². The number of aromatic nitrogens is 2. The molecule has 0 saturated carbocycles. The lowest BCUT2D eigenvalue weighted by atomic mass is 10.1. The van der Waals surface area contributed by atoms with Crippen molar-refractivity contribution in [2.75, 3.05) is 14.1 Å². The van der Waals surface area contributed by atoms with E-state index in [1.54, 1.807) is 31.0 Å². The quantitative estimate of drug-likeness (QED) is 0.935. The Morgan fingerprint density at radius 1 is 1.40 bits per heavy atom. The number of hydrogen-bond acceptors (Lipinski definition) is 3. The Hall–Kier alpha value is -1.66. The predicted molar refractivity (Wildman–Crippen MR) is 81.9 cm³/mol. The first-order valence-corrected chi connectivity index (χ1v) is 7.02. The van der Waals surface area contributed by atoms with E-state index in [4.69, 9.17) is 5.73 Å². The van der Waals surface area contributed by atoms with Crippen LogP contribution in [0.1, 0.15) is 29.0 Å². The average Bonchev–Trinajstić information content (AvgIpc) is 2.86. The molecule has 0 aliphatic carbocycles. The second-order valence-electron chi connectivity index (χ2n) is 4.84. The summed E-state index contributed by atoms with van der Waals surface area (Å²) in [6, 6.07) is 7.49. The molecule has 0 radical (unpaired) electrons. The minimum absolute atomic E-state index is 0.0399. The van der Waals surface area contributed by atoms with Crippen molar-refractivity contribution < 1.29 is 4.79 Å². The summed E-state index contributed by atoms with van der Waals surface area (Å²) in [6.07, 6.45) is 1.77. The fraction of sp³-hybridized carbons (Fsp3) is 0.286. The van der Waals surface area contributed by atoms with Crippen LogP contribution in [0.25, 0.3) is 5.69 Å². The van der Waals surface area contributed by atoms with Gasteiger partial charge in [0.1, 0.15) is 0 Å². The molecule has 0 aliphatic rings. The van der Waals surface area contributed by atoms with Gasteiger partial charge in [0.2, 0.25) is 0 Å². The normalized spacial score (nSPS) is 12.2. The van der Waals surface area contributed by atoms with Crippen molar-refractivity contribution in [3.05, 3.63) is 46.2 Å². The summed E-state index contributed by atoms with van der Waals surface area (Å²) < 4.78 is 2.60. The molecule has 0 spiro atoms. The van der Waals surface area contributed by atoms with Crippen molar-refractivity contribution in [2.45, 2.75) is 13.0 Å². The molecule has 1 heterocycles. The van der Waals surface area contributed by atoms with Gasteiger partial charge in [0.15, 0.2) is 5.69 Å². The van der Waals surface area contributed by atoms with Crippen molar-refractivity contribution in [3.63, 3.8) is 0 Å². The van der Waals surface area contributed by atoms with E-state index in [1.165, 1.54) is 4.90 Å². The largest absolute Gasteiger partial charge is 0.343 e. The van der Waals surface area contributed by atoms with E-state index in [-0.39, 0.29) is 11.9 Å². The van der Waals surface area contributed by atoms with Gasteiger partial charge in [-0.2, -0.15) is 5.10 Å². The summed E-state index contributed by atoms with van der Waals surface area (Å²) in [7, 11) is 3.41. The molecule has 0 saturated heterocycles. The first kappa shape index (κ1) is 14.7. The van der Waals surface area contributed by atoms with Crippen LogP contribution in [0.2, 0.25) is 0 Å². The van der Waals surface area contributed by atoms with Gasteiger partial charge in [-0.3, -0.25) is 4.79 Å². The third-order valence-electron chi connectivity index (χ3n) is 2.95. The fourth-order valence-corrected chi connectivity index (χ4v) is 2.57. The number of nitrogens with two attached hydrogens (primary N) is 1. The van der Waals surface area contributed by atoms with Gasteiger partial charge < -0.3 is 10.6 Å². The Kier molecular flexibility index (Phi) is 4.25. The van der Waals surface area contributed by atoms with Crippen LogP contribution in [-0.4, -0.2) is 34.7 Å². The lowest BCUT2D eigenvalue weighted by Gasteiger charge is -2.10. The lowest BCUT2D eigenvalue weighted by molar-refractivity contribution is 0.0821. The van der Waals surface area contributed by atoms with Crippen LogP contribution in [0.5, 0.6) is 0 Å². The van der Waals surface area contributed by atoms with Crippen LogP contribution in [-0.2, 0) is 0 Å². The zero-order chi connectivity index (χ0) is 14.9. The molecule has 20 heavy (non-hydrogen) atoms. The molecule has 1 unspecified atom stereocenters. The van der Waals surface area contributed by atoms with Crippen molar-refractivity contribution in [3.8, 4) is 5.69 Å². The van der Waals surface area contributed by atoms with E-state index in [0.717, 1.165) is 15.7 Å². The molecule has 1 aromatic heterocycles. The maximum absolute atomic E-state index is 11.8. The van der Waals surface area contributed by atoms with E-state index in [2.05, 4.69) is 21.0 Å². The highest BCUT2D eigenvalue weighted by Gasteiger charge is 2.13. The van der Waals surface area contributed by atoms with Gasteiger partial charge in [0.05, 0.1) is 5.69 Å². The summed E-state index contributed by atoms with van der Waals surface area (Å²) in [5, 5.41) is 4.29. The van der Waals surface area contributed by atoms with E-state index in [0.29, 0.717) is 5.69 Å². The van der Waals surface area contributed by atoms with Gasteiger partial charge in [-0.15, -0.1) is 0 Å². The molecule has 1 amide bonds. The van der Waals surface area contributed by atoms with Crippen LogP contribution < -0.4 is 5.73 Å². The molecular formula is C14H17BrN4O. The summed E-state index contributed by atoms with van der Waals surface area (Å²) >= 11 is 3.51. The molecule has 0 bridgehead atoms. The molecule has 0 aliphatic heterocycles. The molecule has 106 valence electrons. The molecule has 2 rings (SSSR count). The van der Waals surface area contributed by atoms with Crippen molar-refractivity contribution in [1.29, 1.82) is 0 Å². The number of benzene rings is 1. The van der Waals surface area contributed by atoms with E-state index >= 15 is 0 Å². The number of carbonyl (C=O) groups excluding carboxylic acids is 1. The van der Waals surface area contributed by atoms with Gasteiger partial charge >= 0.3 is 0 Å². The summed E-state index contributed by atoms with van der Waals surface area (Å²) in [5.74, 6) is -0.116. The second kappa shape index (κ2) is 5.76. The summed E-state index contributed by atoms with van der Waals surface area (Å²) in [6.45, 7) is 1.93. The SMILES string of the molecule is CC(N)c1ccc(-n2ccc(C(=O)N(C)C)n2)cc1Br. The van der Waals surface area contributed by atoms with Crippen LogP contribution in [0.3, 0.4) is 0 Å². The monoisotopic (exact) mass is 336 g/mol. The Morgan fingerprint density at radius 3 is 2.65 bits per heavy atom. The van der Waals surface area contributed by atoms with Gasteiger partial charge in [-0.1, -0.05) is 22.0 Å². The molecule has 2 aromatic rings. The Morgan fingerprint density at radius 2 is 2.10 bits per heavy atom. The topological polar surface area (TPSA) is 64.2 Å². The van der Waals surface area contributed by atoms with Crippen molar-refractivity contribution in [2.24, 2.45) is 5.73 Å². The Balaban J connectivity index is 2.33. The van der Waals surface area contributed by atoms with E-state index in [9.17, 15) is 4.79 Å². The number of hydrogen-bond donors (Lipinski definition) is 1. The first-order valence-electron chi connectivity index (χ1n) is 6.23. The Labute approximate surface area is 126 Å². The highest BCUT2D eigenvalue weighted by atomic mass is 79.9. The number of halogens is 1. The number of carbonyl (C=O) groups is 1. The highest BCUT2D eigenvalue weighted by molar-refractivity contribution is 9.10. The molecule has 0 fully saturated rings. The lowest BCUT2D eigenvalue weighted by Crippen LogP contribution is -2.22. The standard InChI is InChI=1S/C14H17BrN4O/c1-9(16)11-5-4-10(8-12(11)15)19-7-6-13(17-19)14(20)18(2)3/h4-9H,16H2,1-3H3. The smallest absolute Gasteiger partial charge is 0.273 e. The first-order chi connectivity index (χ1) is 9.40. The van der Waals surface area contributed by atoms with Gasteiger partial charge in [-0.05, 0) is 30.7 Å². The molecule has 6 heteroatoms. The van der Waals surface area contributed by atoms with Crippen molar-refractivity contribution >= 4 is 21.8 Å². The minimum Gasteiger partial charge on any atom is -0.343 e. The summed E-state index contributed by atoms with van der Waals surface area (Å²) in [4.78, 5) is 13.3.